The smallest absolute Gasteiger partial charge is 0.00714 e. The highest BCUT2D eigenvalue weighted by molar-refractivity contribution is 5.26. The zero-order valence-electron chi connectivity index (χ0n) is 9.29. The van der Waals surface area contributed by atoms with Gasteiger partial charge in [0.25, 0.3) is 0 Å². The Labute approximate surface area is 87.3 Å². The molecule has 1 aromatic carbocycles. The van der Waals surface area contributed by atoms with E-state index in [-0.39, 0.29) is 0 Å². The second kappa shape index (κ2) is 5.82. The molecule has 0 aliphatic heterocycles. The lowest BCUT2D eigenvalue weighted by atomic mass is 9.92. The average molecular weight is 191 g/mol. The van der Waals surface area contributed by atoms with E-state index in [9.17, 15) is 0 Å². The third-order valence-electron chi connectivity index (χ3n) is 2.84. The van der Waals surface area contributed by atoms with Gasteiger partial charge in [0.2, 0.25) is 0 Å². The van der Waals surface area contributed by atoms with Crippen LogP contribution in [0.4, 0.5) is 0 Å². The third-order valence-corrected chi connectivity index (χ3v) is 2.84. The molecule has 1 nitrogen and oxygen atoms in total. The van der Waals surface area contributed by atoms with Gasteiger partial charge in [-0.15, -0.1) is 0 Å². The number of aryl methyl sites for hydroxylation is 1. The van der Waals surface area contributed by atoms with Crippen LogP contribution in [-0.4, -0.2) is 6.54 Å². The van der Waals surface area contributed by atoms with Crippen LogP contribution in [0.5, 0.6) is 0 Å². The van der Waals surface area contributed by atoms with E-state index in [4.69, 9.17) is 5.73 Å². The molecule has 0 amide bonds. The molecule has 0 aliphatic rings. The van der Waals surface area contributed by atoms with Crippen molar-refractivity contribution in [1.29, 1.82) is 0 Å². The predicted octanol–water partition coefficient (Wildman–Crippen LogP) is 3.09. The zero-order valence-corrected chi connectivity index (χ0v) is 9.29. The first-order valence-electron chi connectivity index (χ1n) is 5.60. The lowest BCUT2D eigenvalue weighted by molar-refractivity contribution is 0.614. The molecule has 1 heteroatoms. The van der Waals surface area contributed by atoms with Gasteiger partial charge in [0.1, 0.15) is 0 Å². The van der Waals surface area contributed by atoms with Gasteiger partial charge in [-0.1, -0.05) is 38.1 Å². The van der Waals surface area contributed by atoms with Gasteiger partial charge in [-0.3, -0.25) is 0 Å². The molecule has 1 atom stereocenters. The number of benzene rings is 1. The van der Waals surface area contributed by atoms with Crippen molar-refractivity contribution >= 4 is 0 Å². The molecule has 0 spiro atoms. The summed E-state index contributed by atoms with van der Waals surface area (Å²) in [5, 5.41) is 0. The highest BCUT2D eigenvalue weighted by Crippen LogP contribution is 2.23. The van der Waals surface area contributed by atoms with Crippen molar-refractivity contribution in [3.8, 4) is 0 Å². The van der Waals surface area contributed by atoms with Crippen molar-refractivity contribution in [2.24, 2.45) is 5.73 Å². The summed E-state index contributed by atoms with van der Waals surface area (Å²) in [6.07, 6.45) is 3.40. The van der Waals surface area contributed by atoms with E-state index < -0.39 is 0 Å². The number of hydrogen-bond donors (Lipinski definition) is 1. The number of nitrogens with two attached hydrogens (primary N) is 1. The summed E-state index contributed by atoms with van der Waals surface area (Å²) in [4.78, 5) is 0. The van der Waals surface area contributed by atoms with Gasteiger partial charge in [0.05, 0.1) is 0 Å². The fraction of sp³-hybridized carbons (Fsp3) is 0.538. The molecule has 0 bridgehead atoms. The summed E-state index contributed by atoms with van der Waals surface area (Å²) < 4.78 is 0. The van der Waals surface area contributed by atoms with E-state index in [2.05, 4.69) is 38.1 Å². The van der Waals surface area contributed by atoms with Crippen LogP contribution in [0.1, 0.15) is 43.7 Å². The molecule has 0 aromatic heterocycles. The molecule has 0 aliphatic carbocycles. The largest absolute Gasteiger partial charge is 0.330 e. The fourth-order valence-electron chi connectivity index (χ4n) is 1.87. The molecule has 1 aromatic rings. The first kappa shape index (κ1) is 11.3. The molecule has 0 radical (unpaired) electrons. The third kappa shape index (κ3) is 2.85. The van der Waals surface area contributed by atoms with Gasteiger partial charge in [-0.2, -0.15) is 0 Å². The summed E-state index contributed by atoms with van der Waals surface area (Å²) in [6, 6.07) is 8.90. The van der Waals surface area contributed by atoms with Crippen molar-refractivity contribution in [1.82, 2.24) is 0 Å². The molecule has 14 heavy (non-hydrogen) atoms. The predicted molar refractivity (Wildman–Crippen MR) is 62.5 cm³/mol. The Hall–Kier alpha value is -0.820. The molecule has 0 saturated carbocycles. The van der Waals surface area contributed by atoms with E-state index in [1.807, 2.05) is 0 Å². The van der Waals surface area contributed by atoms with E-state index >= 15 is 0 Å². The number of hydrogen-bond acceptors (Lipinski definition) is 1. The normalized spacial score (nSPS) is 12.8. The standard InChI is InChI=1S/C13H21N/c1-3-11-6-5-7-13(10-11)12(4-2)8-9-14/h5-7,10,12H,3-4,8-9,14H2,1-2H3. The van der Waals surface area contributed by atoms with Gasteiger partial charge < -0.3 is 5.73 Å². The summed E-state index contributed by atoms with van der Waals surface area (Å²) in [6.45, 7) is 5.22. The molecule has 0 fully saturated rings. The van der Waals surface area contributed by atoms with Crippen molar-refractivity contribution in [3.05, 3.63) is 35.4 Å². The minimum atomic E-state index is 0.645. The van der Waals surface area contributed by atoms with E-state index in [0.717, 1.165) is 19.4 Å². The highest BCUT2D eigenvalue weighted by atomic mass is 14.5. The van der Waals surface area contributed by atoms with Crippen LogP contribution in [0.25, 0.3) is 0 Å². The Bertz CT molecular complexity index is 268. The maximum absolute atomic E-state index is 5.61. The van der Waals surface area contributed by atoms with E-state index in [1.54, 1.807) is 0 Å². The summed E-state index contributed by atoms with van der Waals surface area (Å²) in [5.41, 5.74) is 8.50. The SMILES string of the molecule is CCc1cccc(C(CC)CCN)c1. The Kier molecular flexibility index (Phi) is 4.68. The van der Waals surface area contributed by atoms with Gasteiger partial charge in [0.15, 0.2) is 0 Å². The maximum atomic E-state index is 5.61. The van der Waals surface area contributed by atoms with Crippen LogP contribution in [0, 0.1) is 0 Å². The zero-order chi connectivity index (χ0) is 10.4. The molecule has 0 heterocycles. The molecular weight excluding hydrogens is 170 g/mol. The van der Waals surface area contributed by atoms with Gasteiger partial charge in [0, 0.05) is 0 Å². The quantitative estimate of drug-likeness (QED) is 0.760. The Morgan fingerprint density at radius 3 is 2.64 bits per heavy atom. The van der Waals surface area contributed by atoms with Crippen molar-refractivity contribution < 1.29 is 0 Å². The van der Waals surface area contributed by atoms with Crippen LogP contribution in [0.3, 0.4) is 0 Å². The molecule has 1 unspecified atom stereocenters. The van der Waals surface area contributed by atoms with Crippen molar-refractivity contribution in [2.75, 3.05) is 6.54 Å². The lowest BCUT2D eigenvalue weighted by Gasteiger charge is -2.14. The Morgan fingerprint density at radius 2 is 2.07 bits per heavy atom. The maximum Gasteiger partial charge on any atom is -0.00714 e. The van der Waals surface area contributed by atoms with Crippen LogP contribution in [0.2, 0.25) is 0 Å². The summed E-state index contributed by atoms with van der Waals surface area (Å²) >= 11 is 0. The van der Waals surface area contributed by atoms with Gasteiger partial charge >= 0.3 is 0 Å². The van der Waals surface area contributed by atoms with Crippen LogP contribution in [-0.2, 0) is 6.42 Å². The Balaban J connectivity index is 2.80. The fourth-order valence-corrected chi connectivity index (χ4v) is 1.87. The lowest BCUT2D eigenvalue weighted by Crippen LogP contribution is -2.06. The number of rotatable bonds is 5. The van der Waals surface area contributed by atoms with Crippen LogP contribution >= 0.6 is 0 Å². The molecule has 0 saturated heterocycles. The minimum absolute atomic E-state index is 0.645. The summed E-state index contributed by atoms with van der Waals surface area (Å²) in [7, 11) is 0. The molecule has 2 N–H and O–H groups in total. The first-order chi connectivity index (χ1) is 6.81. The van der Waals surface area contributed by atoms with Crippen molar-refractivity contribution in [3.63, 3.8) is 0 Å². The first-order valence-corrected chi connectivity index (χ1v) is 5.60. The minimum Gasteiger partial charge on any atom is -0.330 e. The van der Waals surface area contributed by atoms with Crippen LogP contribution in [0.15, 0.2) is 24.3 Å². The summed E-state index contributed by atoms with van der Waals surface area (Å²) in [5.74, 6) is 0.645. The molecular formula is C13H21N. The van der Waals surface area contributed by atoms with Gasteiger partial charge in [-0.05, 0) is 42.9 Å². The molecule has 78 valence electrons. The Morgan fingerprint density at radius 1 is 1.29 bits per heavy atom. The van der Waals surface area contributed by atoms with Crippen molar-refractivity contribution in [2.45, 2.75) is 39.0 Å². The van der Waals surface area contributed by atoms with Crippen LogP contribution < -0.4 is 5.73 Å². The van der Waals surface area contributed by atoms with E-state index in [1.165, 1.54) is 17.5 Å². The topological polar surface area (TPSA) is 26.0 Å². The second-order valence-corrected chi connectivity index (χ2v) is 3.78. The van der Waals surface area contributed by atoms with Gasteiger partial charge in [-0.25, -0.2) is 0 Å². The second-order valence-electron chi connectivity index (χ2n) is 3.78. The highest BCUT2D eigenvalue weighted by Gasteiger charge is 2.07. The van der Waals surface area contributed by atoms with E-state index in [0.29, 0.717) is 5.92 Å². The monoisotopic (exact) mass is 191 g/mol. The molecule has 1 rings (SSSR count). The average Bonchev–Trinajstić information content (AvgIpc) is 2.26.